The van der Waals surface area contributed by atoms with E-state index in [0.29, 0.717) is 19.8 Å². The van der Waals surface area contributed by atoms with Gasteiger partial charge in [-0.05, 0) is 24.4 Å². The summed E-state index contributed by atoms with van der Waals surface area (Å²) in [5.74, 6) is -0.0538. The molecule has 78 valence electrons. The Bertz CT molecular complexity index is 513. The van der Waals surface area contributed by atoms with Crippen LogP contribution in [-0.2, 0) is 0 Å². The average molecular weight is 277 g/mol. The molecular formula is C10H6Cl2OS2. The zero-order chi connectivity index (χ0) is 11.0. The maximum absolute atomic E-state index is 12.0. The van der Waals surface area contributed by atoms with Gasteiger partial charge in [-0.1, -0.05) is 23.2 Å². The zero-order valence-electron chi connectivity index (χ0n) is 7.71. The molecule has 0 unspecified atom stereocenters. The smallest absolute Gasteiger partial charge is 0.196 e. The summed E-state index contributed by atoms with van der Waals surface area (Å²) < 4.78 is 0.992. The molecule has 5 heteroatoms. The number of thiophene rings is 2. The van der Waals surface area contributed by atoms with Gasteiger partial charge in [-0.15, -0.1) is 22.7 Å². The molecule has 2 aromatic rings. The summed E-state index contributed by atoms with van der Waals surface area (Å²) >= 11 is 14.5. The summed E-state index contributed by atoms with van der Waals surface area (Å²) in [4.78, 5) is 13.0. The topological polar surface area (TPSA) is 17.1 Å². The number of carbonyl (C=O) groups excluding carboxylic acids is 1. The standard InChI is InChI=1S/C10H6Cl2OS2/c1-5-6(2-3-14-5)9(13)7-4-8(11)15-10(7)12/h2-4H,1H3. The molecule has 0 radical (unpaired) electrons. The van der Waals surface area contributed by atoms with Crippen LogP contribution >= 0.6 is 45.9 Å². The first-order valence-corrected chi connectivity index (χ1v) is 6.58. The van der Waals surface area contributed by atoms with Crippen LogP contribution in [0.3, 0.4) is 0 Å². The van der Waals surface area contributed by atoms with Crippen molar-refractivity contribution in [2.75, 3.05) is 0 Å². The van der Waals surface area contributed by atoms with E-state index < -0.39 is 0 Å². The van der Waals surface area contributed by atoms with Crippen molar-refractivity contribution in [3.63, 3.8) is 0 Å². The van der Waals surface area contributed by atoms with E-state index in [0.717, 1.165) is 4.88 Å². The lowest BCUT2D eigenvalue weighted by Crippen LogP contribution is -1.99. The van der Waals surface area contributed by atoms with Gasteiger partial charge in [0.1, 0.15) is 4.34 Å². The number of rotatable bonds is 2. The number of hydrogen-bond donors (Lipinski definition) is 0. The molecule has 0 spiro atoms. The monoisotopic (exact) mass is 276 g/mol. The van der Waals surface area contributed by atoms with Gasteiger partial charge in [0.25, 0.3) is 0 Å². The minimum atomic E-state index is -0.0538. The van der Waals surface area contributed by atoms with Gasteiger partial charge in [0.2, 0.25) is 0 Å². The van der Waals surface area contributed by atoms with E-state index in [9.17, 15) is 4.79 Å². The minimum absolute atomic E-state index is 0.0538. The Hall–Kier alpha value is -0.350. The van der Waals surface area contributed by atoms with Gasteiger partial charge < -0.3 is 0 Å². The fourth-order valence-electron chi connectivity index (χ4n) is 1.26. The number of carbonyl (C=O) groups is 1. The van der Waals surface area contributed by atoms with Gasteiger partial charge in [-0.2, -0.15) is 0 Å². The van der Waals surface area contributed by atoms with E-state index >= 15 is 0 Å². The fourth-order valence-corrected chi connectivity index (χ4v) is 3.41. The van der Waals surface area contributed by atoms with Crippen LogP contribution in [0.5, 0.6) is 0 Å². The lowest BCUT2D eigenvalue weighted by molar-refractivity contribution is 0.103. The molecule has 0 saturated carbocycles. The normalized spacial score (nSPS) is 10.6. The Balaban J connectivity index is 2.45. The van der Waals surface area contributed by atoms with Crippen molar-refractivity contribution >= 4 is 51.7 Å². The van der Waals surface area contributed by atoms with Crippen molar-refractivity contribution in [2.24, 2.45) is 0 Å². The van der Waals surface area contributed by atoms with Crippen molar-refractivity contribution < 1.29 is 4.79 Å². The van der Waals surface area contributed by atoms with Crippen LogP contribution in [0.4, 0.5) is 0 Å². The summed E-state index contributed by atoms with van der Waals surface area (Å²) in [5, 5.41) is 1.89. The lowest BCUT2D eigenvalue weighted by Gasteiger charge is -1.97. The largest absolute Gasteiger partial charge is 0.288 e. The molecule has 2 rings (SSSR count). The maximum Gasteiger partial charge on any atom is 0.196 e. The first-order chi connectivity index (χ1) is 7.09. The van der Waals surface area contributed by atoms with E-state index in [1.165, 1.54) is 11.3 Å². The molecule has 0 saturated heterocycles. The Kier molecular flexibility index (Phi) is 3.16. The second kappa shape index (κ2) is 4.26. The quantitative estimate of drug-likeness (QED) is 0.730. The van der Waals surface area contributed by atoms with E-state index in [1.807, 2.05) is 18.4 Å². The second-order valence-electron chi connectivity index (χ2n) is 2.96. The Labute approximate surface area is 105 Å². The van der Waals surface area contributed by atoms with E-state index in [2.05, 4.69) is 0 Å². The van der Waals surface area contributed by atoms with Gasteiger partial charge in [0, 0.05) is 10.4 Å². The number of halogens is 2. The van der Waals surface area contributed by atoms with E-state index in [-0.39, 0.29) is 5.78 Å². The summed E-state index contributed by atoms with van der Waals surface area (Å²) in [6.45, 7) is 1.92. The first kappa shape index (κ1) is 11.1. The summed E-state index contributed by atoms with van der Waals surface area (Å²) in [7, 11) is 0. The predicted octanol–water partition coefficient (Wildman–Crippen LogP) is 4.66. The molecular weight excluding hydrogens is 271 g/mol. The molecule has 0 amide bonds. The van der Waals surface area contributed by atoms with Crippen molar-refractivity contribution in [3.05, 3.63) is 42.2 Å². The zero-order valence-corrected chi connectivity index (χ0v) is 10.9. The summed E-state index contributed by atoms with van der Waals surface area (Å²) in [6.07, 6.45) is 0. The van der Waals surface area contributed by atoms with Gasteiger partial charge in [-0.3, -0.25) is 4.79 Å². The predicted molar refractivity (Wildman–Crippen MR) is 66.8 cm³/mol. The number of aryl methyl sites for hydroxylation is 1. The lowest BCUT2D eigenvalue weighted by atomic mass is 10.1. The van der Waals surface area contributed by atoms with E-state index in [4.69, 9.17) is 23.2 Å². The molecule has 15 heavy (non-hydrogen) atoms. The van der Waals surface area contributed by atoms with Crippen LogP contribution in [-0.4, -0.2) is 5.78 Å². The van der Waals surface area contributed by atoms with Crippen LogP contribution in [0.15, 0.2) is 17.5 Å². The number of ketones is 1. The summed E-state index contributed by atoms with van der Waals surface area (Å²) in [5.41, 5.74) is 1.20. The highest BCUT2D eigenvalue weighted by atomic mass is 35.5. The van der Waals surface area contributed by atoms with Gasteiger partial charge in [0.05, 0.1) is 9.90 Å². The molecule has 2 heterocycles. The van der Waals surface area contributed by atoms with Crippen LogP contribution in [0.2, 0.25) is 8.67 Å². The maximum atomic E-state index is 12.0. The second-order valence-corrected chi connectivity index (χ2v) is 6.36. The number of hydrogen-bond acceptors (Lipinski definition) is 3. The van der Waals surface area contributed by atoms with Gasteiger partial charge >= 0.3 is 0 Å². The highest BCUT2D eigenvalue weighted by molar-refractivity contribution is 7.20. The molecule has 0 N–H and O–H groups in total. The molecule has 0 bridgehead atoms. The fraction of sp³-hybridized carbons (Fsp3) is 0.100. The Morgan fingerprint density at radius 3 is 2.53 bits per heavy atom. The Morgan fingerprint density at radius 1 is 1.33 bits per heavy atom. The first-order valence-electron chi connectivity index (χ1n) is 4.13. The van der Waals surface area contributed by atoms with Crippen LogP contribution in [0.25, 0.3) is 0 Å². The molecule has 0 aliphatic carbocycles. The van der Waals surface area contributed by atoms with Crippen molar-refractivity contribution in [1.82, 2.24) is 0 Å². The SMILES string of the molecule is Cc1sccc1C(=O)c1cc(Cl)sc1Cl. The molecule has 0 aromatic carbocycles. The van der Waals surface area contributed by atoms with Crippen LogP contribution < -0.4 is 0 Å². The van der Waals surface area contributed by atoms with Crippen molar-refractivity contribution in [2.45, 2.75) is 6.92 Å². The summed E-state index contributed by atoms with van der Waals surface area (Å²) in [6, 6.07) is 3.43. The van der Waals surface area contributed by atoms with E-state index in [1.54, 1.807) is 17.4 Å². The third-order valence-electron chi connectivity index (χ3n) is 2.00. The third kappa shape index (κ3) is 2.11. The molecule has 0 atom stereocenters. The minimum Gasteiger partial charge on any atom is -0.288 e. The van der Waals surface area contributed by atoms with Crippen molar-refractivity contribution in [1.29, 1.82) is 0 Å². The highest BCUT2D eigenvalue weighted by Crippen LogP contribution is 2.33. The molecule has 0 aliphatic rings. The van der Waals surface area contributed by atoms with Crippen molar-refractivity contribution in [3.8, 4) is 0 Å². The molecule has 0 fully saturated rings. The third-order valence-corrected chi connectivity index (χ3v) is 4.34. The average Bonchev–Trinajstić information content (AvgIpc) is 2.71. The Morgan fingerprint density at radius 2 is 2.07 bits per heavy atom. The van der Waals surface area contributed by atoms with Gasteiger partial charge in [0.15, 0.2) is 5.78 Å². The van der Waals surface area contributed by atoms with Crippen LogP contribution in [0.1, 0.15) is 20.8 Å². The molecule has 2 aromatic heterocycles. The van der Waals surface area contributed by atoms with Crippen LogP contribution in [0, 0.1) is 6.92 Å². The highest BCUT2D eigenvalue weighted by Gasteiger charge is 2.18. The molecule has 1 nitrogen and oxygen atoms in total. The molecule has 0 aliphatic heterocycles. The van der Waals surface area contributed by atoms with Gasteiger partial charge in [-0.25, -0.2) is 0 Å².